The van der Waals surface area contributed by atoms with Crippen LogP contribution in [0.15, 0.2) is 16.6 Å². The average Bonchev–Trinajstić information content (AvgIpc) is 2.65. The predicted octanol–water partition coefficient (Wildman–Crippen LogP) is 4.43. The van der Waals surface area contributed by atoms with Gasteiger partial charge in [0.25, 0.3) is 0 Å². The van der Waals surface area contributed by atoms with Crippen LogP contribution in [0.5, 0.6) is 0 Å². The average molecular weight is 347 g/mol. The van der Waals surface area contributed by atoms with Crippen LogP contribution in [0.1, 0.15) is 32.2 Å². The van der Waals surface area contributed by atoms with Crippen molar-refractivity contribution in [1.82, 2.24) is 14.8 Å². The number of nitrogens with zero attached hydrogens (tertiary/aromatic N) is 3. The molecule has 3 nitrogen and oxygen atoms in total. The lowest BCUT2D eigenvalue weighted by Gasteiger charge is -2.20. The molecule has 1 aromatic carbocycles. The van der Waals surface area contributed by atoms with Gasteiger partial charge in [0, 0.05) is 5.41 Å². The highest BCUT2D eigenvalue weighted by atomic mass is 79.9. The second-order valence-electron chi connectivity index (χ2n) is 5.43. The van der Waals surface area contributed by atoms with Gasteiger partial charge in [0.2, 0.25) is 5.28 Å². The molecule has 0 radical (unpaired) electrons. The number of rotatable bonds is 1. The monoisotopic (exact) mass is 345 g/mol. The maximum Gasteiger partial charge on any atom is 0.229 e. The fourth-order valence-electron chi connectivity index (χ4n) is 1.84. The smallest absolute Gasteiger partial charge is 0.229 e. The molecule has 6 heteroatoms. The van der Waals surface area contributed by atoms with Crippen molar-refractivity contribution in [3.05, 3.63) is 39.1 Å². The summed E-state index contributed by atoms with van der Waals surface area (Å²) in [6.07, 6.45) is 0. The van der Waals surface area contributed by atoms with Crippen LogP contribution in [-0.2, 0) is 5.41 Å². The van der Waals surface area contributed by atoms with Crippen molar-refractivity contribution in [1.29, 1.82) is 0 Å². The molecule has 0 fully saturated rings. The Morgan fingerprint density at radius 2 is 1.89 bits per heavy atom. The van der Waals surface area contributed by atoms with E-state index in [1.54, 1.807) is 10.6 Å². The van der Waals surface area contributed by atoms with E-state index >= 15 is 0 Å². The van der Waals surface area contributed by atoms with Gasteiger partial charge in [0.05, 0.1) is 10.2 Å². The first kappa shape index (κ1) is 14.5. The largest absolute Gasteiger partial charge is 0.269 e. The van der Waals surface area contributed by atoms with E-state index in [0.29, 0.717) is 4.47 Å². The number of benzene rings is 1. The van der Waals surface area contributed by atoms with Crippen LogP contribution in [-0.4, -0.2) is 14.8 Å². The summed E-state index contributed by atoms with van der Waals surface area (Å²) in [5.41, 5.74) is 1.33. The zero-order valence-corrected chi connectivity index (χ0v) is 13.5. The third-order valence-electron chi connectivity index (χ3n) is 2.77. The molecular weight excluding hydrogens is 333 g/mol. The molecular formula is C13H14BrClFN3. The molecule has 0 aliphatic heterocycles. The van der Waals surface area contributed by atoms with Crippen LogP contribution in [0, 0.1) is 12.7 Å². The van der Waals surface area contributed by atoms with E-state index in [1.807, 2.05) is 27.7 Å². The van der Waals surface area contributed by atoms with Gasteiger partial charge in [-0.05, 0) is 52.2 Å². The molecule has 0 aliphatic rings. The maximum absolute atomic E-state index is 13.5. The number of hydrogen-bond acceptors (Lipinski definition) is 2. The van der Waals surface area contributed by atoms with E-state index in [1.165, 1.54) is 6.07 Å². The Balaban J connectivity index is 2.73. The summed E-state index contributed by atoms with van der Waals surface area (Å²) in [4.78, 5) is 0. The van der Waals surface area contributed by atoms with Crippen LogP contribution < -0.4 is 0 Å². The first-order valence-electron chi connectivity index (χ1n) is 5.79. The lowest BCUT2D eigenvalue weighted by molar-refractivity contribution is 0.532. The third kappa shape index (κ3) is 2.67. The molecule has 0 aliphatic carbocycles. The summed E-state index contributed by atoms with van der Waals surface area (Å²) in [6.45, 7) is 7.90. The number of aromatic nitrogens is 3. The van der Waals surface area contributed by atoms with Gasteiger partial charge in [0.1, 0.15) is 11.6 Å². The third-order valence-corrected chi connectivity index (χ3v) is 3.63. The molecule has 0 bridgehead atoms. The minimum atomic E-state index is -0.303. The van der Waals surface area contributed by atoms with Crippen molar-refractivity contribution in [2.75, 3.05) is 0 Å². The Morgan fingerprint density at radius 3 is 2.47 bits per heavy atom. The molecule has 1 aromatic heterocycles. The molecule has 0 saturated carbocycles. The van der Waals surface area contributed by atoms with Crippen LogP contribution in [0.25, 0.3) is 5.69 Å². The second kappa shape index (κ2) is 4.87. The Bertz CT molecular complexity index is 632. The van der Waals surface area contributed by atoms with Gasteiger partial charge in [0.15, 0.2) is 0 Å². The first-order chi connectivity index (χ1) is 8.71. The SMILES string of the molecule is Cc1cc(F)c(Br)cc1-n1c(Cl)nnc1C(C)(C)C. The van der Waals surface area contributed by atoms with Crippen molar-refractivity contribution in [2.45, 2.75) is 33.1 Å². The second-order valence-corrected chi connectivity index (χ2v) is 6.62. The molecule has 0 spiro atoms. The van der Waals surface area contributed by atoms with E-state index in [4.69, 9.17) is 11.6 Å². The summed E-state index contributed by atoms with van der Waals surface area (Å²) in [5, 5.41) is 8.32. The molecule has 2 rings (SSSR count). The summed E-state index contributed by atoms with van der Waals surface area (Å²) in [7, 11) is 0. The van der Waals surface area contributed by atoms with E-state index in [2.05, 4.69) is 26.1 Å². The molecule has 0 amide bonds. The Labute approximate surface area is 124 Å². The quantitative estimate of drug-likeness (QED) is 0.765. The predicted molar refractivity (Wildman–Crippen MR) is 77.5 cm³/mol. The standard InChI is InChI=1S/C13H14BrClFN3/c1-7-5-9(16)8(14)6-10(7)19-11(13(2,3)4)17-18-12(19)15/h5-6H,1-4H3. The lowest BCUT2D eigenvalue weighted by Crippen LogP contribution is -2.19. The van der Waals surface area contributed by atoms with Crippen molar-refractivity contribution in [3.63, 3.8) is 0 Å². The molecule has 19 heavy (non-hydrogen) atoms. The normalized spacial score (nSPS) is 11.9. The Morgan fingerprint density at radius 1 is 1.26 bits per heavy atom. The van der Waals surface area contributed by atoms with E-state index < -0.39 is 0 Å². The van der Waals surface area contributed by atoms with Crippen molar-refractivity contribution >= 4 is 27.5 Å². The number of halogens is 3. The topological polar surface area (TPSA) is 30.7 Å². The van der Waals surface area contributed by atoms with E-state index in [9.17, 15) is 4.39 Å². The molecule has 0 unspecified atom stereocenters. The Hall–Kier alpha value is -0.940. The molecule has 1 heterocycles. The summed E-state index contributed by atoms with van der Waals surface area (Å²) in [6, 6.07) is 3.15. The lowest BCUT2D eigenvalue weighted by atomic mass is 9.95. The van der Waals surface area contributed by atoms with Crippen molar-refractivity contribution < 1.29 is 4.39 Å². The summed E-state index contributed by atoms with van der Waals surface area (Å²) < 4.78 is 15.7. The van der Waals surface area contributed by atoms with Crippen molar-refractivity contribution in [2.24, 2.45) is 0 Å². The number of hydrogen-bond donors (Lipinski definition) is 0. The van der Waals surface area contributed by atoms with Gasteiger partial charge in [-0.2, -0.15) is 0 Å². The van der Waals surface area contributed by atoms with Crippen molar-refractivity contribution in [3.8, 4) is 5.69 Å². The van der Waals surface area contributed by atoms with E-state index in [-0.39, 0.29) is 16.5 Å². The van der Waals surface area contributed by atoms with Gasteiger partial charge in [-0.3, -0.25) is 4.57 Å². The summed E-state index contributed by atoms with van der Waals surface area (Å²) >= 11 is 9.32. The van der Waals surface area contributed by atoms with E-state index in [0.717, 1.165) is 17.1 Å². The fourth-order valence-corrected chi connectivity index (χ4v) is 2.38. The maximum atomic E-state index is 13.5. The summed E-state index contributed by atoms with van der Waals surface area (Å²) in [5.74, 6) is 0.432. The zero-order chi connectivity index (χ0) is 14.4. The molecule has 0 saturated heterocycles. The van der Waals surface area contributed by atoms with Crippen LogP contribution in [0.3, 0.4) is 0 Å². The zero-order valence-electron chi connectivity index (χ0n) is 11.1. The van der Waals surface area contributed by atoms with Crippen LogP contribution in [0.4, 0.5) is 4.39 Å². The fraction of sp³-hybridized carbons (Fsp3) is 0.385. The van der Waals surface area contributed by atoms with Gasteiger partial charge in [-0.1, -0.05) is 20.8 Å². The highest BCUT2D eigenvalue weighted by molar-refractivity contribution is 9.10. The van der Waals surface area contributed by atoms with Gasteiger partial charge in [-0.15, -0.1) is 10.2 Å². The highest BCUT2D eigenvalue weighted by Crippen LogP contribution is 2.30. The van der Waals surface area contributed by atoms with Crippen LogP contribution in [0.2, 0.25) is 5.28 Å². The number of aryl methyl sites for hydroxylation is 1. The molecule has 0 atom stereocenters. The minimum absolute atomic E-state index is 0.215. The minimum Gasteiger partial charge on any atom is -0.269 e. The Kier molecular flexibility index (Phi) is 3.71. The van der Waals surface area contributed by atoms with Gasteiger partial charge in [-0.25, -0.2) is 4.39 Å². The first-order valence-corrected chi connectivity index (χ1v) is 6.96. The molecule has 2 aromatic rings. The van der Waals surface area contributed by atoms with Crippen LogP contribution >= 0.6 is 27.5 Å². The van der Waals surface area contributed by atoms with Gasteiger partial charge >= 0.3 is 0 Å². The highest BCUT2D eigenvalue weighted by Gasteiger charge is 2.25. The molecule has 102 valence electrons. The van der Waals surface area contributed by atoms with Gasteiger partial charge < -0.3 is 0 Å². The molecule has 0 N–H and O–H groups in total.